The molecule has 2 heterocycles. The maximum atomic E-state index is 8.16. The number of hydrogen-bond acceptors (Lipinski definition) is 0. The first-order chi connectivity index (χ1) is 53.8. The van der Waals surface area contributed by atoms with E-state index in [1.165, 1.54) is 105 Å². The Labute approximate surface area is 663 Å². The molecule has 0 saturated heterocycles. The van der Waals surface area contributed by atoms with Gasteiger partial charge in [0.25, 0.3) is 0 Å². The van der Waals surface area contributed by atoms with E-state index in [0.717, 1.165) is 5.56 Å². The van der Waals surface area contributed by atoms with Gasteiger partial charge in [0.05, 0.1) is 33.0 Å². The van der Waals surface area contributed by atoms with Crippen LogP contribution < -0.4 is 0 Å². The molecule has 0 bridgehead atoms. The molecule has 0 atom stereocenters. The molecule has 560 valence electrons. The Hall–Kier alpha value is -9.76. The van der Waals surface area contributed by atoms with Crippen LogP contribution in [0.2, 0.25) is 0 Å². The second-order valence-corrected chi connectivity index (χ2v) is 37.1. The van der Waals surface area contributed by atoms with Crippen LogP contribution in [0.3, 0.4) is 0 Å². The second kappa shape index (κ2) is 33.4. The van der Waals surface area contributed by atoms with Gasteiger partial charge in [0.15, 0.2) is 0 Å². The maximum Gasteiger partial charge on any atom is 0.0632 e. The zero-order chi connectivity index (χ0) is 85.9. The summed E-state index contributed by atoms with van der Waals surface area (Å²) in [7, 11) is 0. The molecule has 2 nitrogen and oxygen atoms in total. The summed E-state index contributed by atoms with van der Waals surface area (Å²) in [4.78, 5) is 0. The van der Waals surface area contributed by atoms with Crippen molar-refractivity contribution in [2.45, 2.75) is 223 Å². The molecule has 0 radical (unpaired) electrons. The van der Waals surface area contributed by atoms with Crippen molar-refractivity contribution >= 4 is 43.6 Å². The van der Waals surface area contributed by atoms with E-state index in [9.17, 15) is 0 Å². The Morgan fingerprint density at radius 1 is 0.222 bits per heavy atom. The molecule has 0 spiro atoms. The number of rotatable bonds is 4. The van der Waals surface area contributed by atoms with E-state index in [2.05, 4.69) is 367 Å². The van der Waals surface area contributed by atoms with E-state index in [1.807, 2.05) is 51.1 Å². The van der Waals surface area contributed by atoms with Gasteiger partial charge >= 0.3 is 0 Å². The predicted molar refractivity (Wildman–Crippen MR) is 477 cm³/mol. The first kappa shape index (κ1) is 71.2. The molecule has 2 aromatic heterocycles. The van der Waals surface area contributed by atoms with E-state index < -0.39 is 0 Å². The minimum Gasteiger partial charge on any atom is -0.309 e. The average molecular weight is 1440 g/mol. The quantitative estimate of drug-likeness (QED) is 0.166. The van der Waals surface area contributed by atoms with E-state index in [1.54, 1.807) is 13.8 Å². The van der Waals surface area contributed by atoms with Gasteiger partial charge in [0.2, 0.25) is 0 Å². The lowest BCUT2D eigenvalue weighted by molar-refractivity contribution is 0.587. The van der Waals surface area contributed by atoms with Crippen LogP contribution in [0, 0.1) is 13.8 Å². The molecule has 14 aromatic rings. The smallest absolute Gasteiger partial charge is 0.0632 e. The summed E-state index contributed by atoms with van der Waals surface area (Å²) in [5, 5.41) is 5.31. The van der Waals surface area contributed by atoms with Crippen LogP contribution in [-0.2, 0) is 43.3 Å². The predicted octanol–water partition coefficient (Wildman–Crippen LogP) is 30.6. The average Bonchev–Trinajstić information content (AvgIpc) is 1.58. The topological polar surface area (TPSA) is 9.86 Å². The van der Waals surface area contributed by atoms with Crippen molar-refractivity contribution in [3.05, 3.63) is 347 Å². The van der Waals surface area contributed by atoms with Crippen molar-refractivity contribution in [1.29, 1.82) is 0 Å². The standard InChI is InChI=1S/C30H37N.C22H21N.C17H20.C16H18.C11H16.C10H14/c1-28(2,3)20-14-16-25-22(18-20)23-19-21(29(4,5)6)15-17-26(23)31(25)27-13-11-10-12-24(27)30(7,8)9;1-22(2,3)18-12-6-9-15-21(18)23-19-13-7-4-10-16(19)17-11-5-8-14-20(17)23;1-13-6-5-7-15(12-13)14-8-10-16(11-9-14)17(2,3)4;1-16(2,3)15-11-9-14(10-12-15)13-7-5-4-6-8-13;1-9-6-5-7-10(8-9)11(2,3)4;1-10(2,3)9-7-5-4-6-8-9/h10-19H,1-9H3;4-15H,1-3H3;5-12H,1-4H3;4-12H,1-3H3;5-8H,1-4H3;4-8H,1-3H3/i;;5D,6D,7D,12D;;5D,6D,7D,8D;. The third-order valence-electron chi connectivity index (χ3n) is 19.8. The Morgan fingerprint density at radius 2 is 0.519 bits per heavy atom. The molecule has 0 N–H and O–H groups in total. The molecule has 0 aliphatic rings. The molecule has 2 heteroatoms. The number of fused-ring (bicyclic) bond motifs is 6. The summed E-state index contributed by atoms with van der Waals surface area (Å²) in [5.74, 6) is 0. The molecular weight excluding hydrogens is 1300 g/mol. The number of para-hydroxylation sites is 4. The Morgan fingerprint density at radius 3 is 0.898 bits per heavy atom. The minimum absolute atomic E-state index is 0.00185. The lowest BCUT2D eigenvalue weighted by atomic mass is 9.85. The molecular formula is C106H126N2. The first-order valence-corrected chi connectivity index (χ1v) is 38.6. The third-order valence-corrected chi connectivity index (χ3v) is 19.8. The zero-order valence-electron chi connectivity index (χ0n) is 78.0. The highest BCUT2D eigenvalue weighted by Gasteiger charge is 2.26. The van der Waals surface area contributed by atoms with Crippen molar-refractivity contribution in [3.8, 4) is 33.6 Å². The fraction of sp³-hybridized carbons (Fsp3) is 0.321. The van der Waals surface area contributed by atoms with Gasteiger partial charge in [-0.05, 0) is 172 Å². The van der Waals surface area contributed by atoms with Crippen LogP contribution in [-0.4, -0.2) is 9.13 Å². The van der Waals surface area contributed by atoms with Crippen LogP contribution in [0.25, 0.3) is 77.2 Å². The maximum absolute atomic E-state index is 8.16. The van der Waals surface area contributed by atoms with Crippen LogP contribution in [0.1, 0.15) is 233 Å². The molecule has 0 saturated carbocycles. The fourth-order valence-electron chi connectivity index (χ4n) is 13.3. The summed E-state index contributed by atoms with van der Waals surface area (Å²) in [6.07, 6.45) is 0. The van der Waals surface area contributed by atoms with E-state index >= 15 is 0 Å². The van der Waals surface area contributed by atoms with Crippen molar-refractivity contribution in [1.82, 2.24) is 9.13 Å². The van der Waals surface area contributed by atoms with Crippen molar-refractivity contribution in [3.63, 3.8) is 0 Å². The largest absolute Gasteiger partial charge is 0.309 e. The molecule has 14 rings (SSSR count). The minimum atomic E-state index is -0.331. The van der Waals surface area contributed by atoms with Gasteiger partial charge in [-0.1, -0.05) is 420 Å². The number of aromatic nitrogens is 2. The van der Waals surface area contributed by atoms with Gasteiger partial charge in [-0.15, -0.1) is 0 Å². The molecule has 0 aliphatic carbocycles. The van der Waals surface area contributed by atoms with Gasteiger partial charge in [0, 0.05) is 32.9 Å². The molecule has 0 fully saturated rings. The SMILES string of the molecule is CC(C)(C)c1ccc(-c2ccccc2)cc1.CC(C)(C)c1ccc2c(c1)c1cc(C(C)(C)C)ccc1n2-c1ccccc1C(C)(C)C.CC(C)(C)c1ccccc1.CC(C)(C)c1ccccc1-n1c2ccccc2c2ccccc21.[2H]c1c([2H])c(C)c([2H])c(-c2ccc(C(C)(C)C)cc2)c1[2H].[2H]c1c([2H])c(C)c([2H])c(C(C)(C)C)c1[2H]. The monoisotopic (exact) mass is 1440 g/mol. The van der Waals surface area contributed by atoms with Crippen LogP contribution >= 0.6 is 0 Å². The first-order valence-electron chi connectivity index (χ1n) is 42.6. The zero-order valence-corrected chi connectivity index (χ0v) is 70.0. The van der Waals surface area contributed by atoms with Crippen molar-refractivity contribution in [2.24, 2.45) is 0 Å². The highest BCUT2D eigenvalue weighted by Crippen LogP contribution is 2.42. The second-order valence-electron chi connectivity index (χ2n) is 37.1. The molecule has 0 amide bonds. The van der Waals surface area contributed by atoms with E-state index in [-0.39, 0.29) is 86.2 Å². The van der Waals surface area contributed by atoms with E-state index in [0.29, 0.717) is 27.7 Å². The van der Waals surface area contributed by atoms with Crippen molar-refractivity contribution < 1.29 is 11.0 Å². The van der Waals surface area contributed by atoms with Crippen molar-refractivity contribution in [2.75, 3.05) is 0 Å². The van der Waals surface area contributed by atoms with Gasteiger partial charge in [-0.2, -0.15) is 0 Å². The molecule has 108 heavy (non-hydrogen) atoms. The number of hydrogen-bond donors (Lipinski definition) is 0. The van der Waals surface area contributed by atoms with Gasteiger partial charge in [-0.25, -0.2) is 0 Å². The van der Waals surface area contributed by atoms with Gasteiger partial charge in [-0.3, -0.25) is 0 Å². The number of nitrogens with zero attached hydrogens (tertiary/aromatic N) is 2. The van der Waals surface area contributed by atoms with E-state index in [4.69, 9.17) is 11.0 Å². The molecule has 0 aliphatic heterocycles. The molecule has 12 aromatic carbocycles. The lowest BCUT2D eigenvalue weighted by Gasteiger charge is -2.24. The Balaban J connectivity index is 0.000000164. The fourth-order valence-corrected chi connectivity index (χ4v) is 13.3. The summed E-state index contributed by atoms with van der Waals surface area (Å²) >= 11 is 0. The summed E-state index contributed by atoms with van der Waals surface area (Å²) in [6.45, 7) is 56.4. The Kier molecular flexibility index (Phi) is 22.0. The summed E-state index contributed by atoms with van der Waals surface area (Å²) in [6, 6.07) is 86.9. The van der Waals surface area contributed by atoms with Gasteiger partial charge in [0.1, 0.15) is 0 Å². The summed E-state index contributed by atoms with van der Waals surface area (Å²) in [5.41, 5.74) is 23.0. The van der Waals surface area contributed by atoms with Crippen LogP contribution in [0.5, 0.6) is 0 Å². The molecule has 0 unspecified atom stereocenters. The number of benzene rings is 12. The third kappa shape index (κ3) is 20.9. The summed E-state index contributed by atoms with van der Waals surface area (Å²) < 4.78 is 67.7. The Bertz CT molecular complexity index is 5560. The highest BCUT2D eigenvalue weighted by atomic mass is 15.0. The normalized spacial score (nSPS) is 13.2. The lowest BCUT2D eigenvalue weighted by Crippen LogP contribution is -2.15. The highest BCUT2D eigenvalue weighted by molar-refractivity contribution is 6.11. The van der Waals surface area contributed by atoms with Gasteiger partial charge < -0.3 is 9.13 Å². The van der Waals surface area contributed by atoms with Crippen LogP contribution in [0.15, 0.2) is 291 Å². The van der Waals surface area contributed by atoms with Crippen LogP contribution in [0.4, 0.5) is 0 Å².